The molecular formula is C63H98N18O13S. The van der Waals surface area contributed by atoms with E-state index in [1.165, 1.54) is 21.6 Å². The Morgan fingerprint density at radius 3 is 1.51 bits per heavy atom. The van der Waals surface area contributed by atoms with Gasteiger partial charge in [0.05, 0.1) is 12.6 Å². The monoisotopic (exact) mass is 1350 g/mol. The molecule has 0 saturated carbocycles. The number of likely N-dealkylation sites (tertiary alicyclic amines) is 2. The fraction of sp³-hybridized carbons (Fsp3) is 0.587. The molecule has 10 atom stereocenters. The maximum absolute atomic E-state index is 14.7. The summed E-state index contributed by atoms with van der Waals surface area (Å²) in [6.45, 7) is 3.86. The third-order valence-corrected chi connectivity index (χ3v) is 16.7. The number of nitrogens with zero attached hydrogens (tertiary/aromatic N) is 3. The highest BCUT2D eigenvalue weighted by atomic mass is 32.2. The molecular weight excluding hydrogens is 1250 g/mol. The van der Waals surface area contributed by atoms with E-state index in [0.29, 0.717) is 55.4 Å². The number of benzene rings is 2. The van der Waals surface area contributed by atoms with Crippen molar-refractivity contribution in [3.05, 3.63) is 71.8 Å². The second-order valence-corrected chi connectivity index (χ2v) is 25.1. The fourth-order valence-corrected chi connectivity index (χ4v) is 11.5. The number of amides is 13. The van der Waals surface area contributed by atoms with Crippen LogP contribution in [0, 0.1) is 5.92 Å². The fourth-order valence-electron chi connectivity index (χ4n) is 11.0. The van der Waals surface area contributed by atoms with Crippen molar-refractivity contribution in [3.63, 3.8) is 0 Å². The molecule has 2 saturated heterocycles. The van der Waals surface area contributed by atoms with Crippen LogP contribution in [0.5, 0.6) is 0 Å². The first kappa shape index (κ1) is 78.5. The molecule has 2 aromatic rings. The van der Waals surface area contributed by atoms with Gasteiger partial charge < -0.3 is 92.5 Å². The van der Waals surface area contributed by atoms with Gasteiger partial charge in [-0.25, -0.2) is 0 Å². The zero-order chi connectivity index (χ0) is 70.1. The Labute approximate surface area is 558 Å². The van der Waals surface area contributed by atoms with Crippen LogP contribution in [0.1, 0.15) is 121 Å². The van der Waals surface area contributed by atoms with Gasteiger partial charge in [0, 0.05) is 45.3 Å². The molecule has 0 aliphatic carbocycles. The minimum absolute atomic E-state index is 0.0736. The third kappa shape index (κ3) is 27.5. The van der Waals surface area contributed by atoms with Crippen molar-refractivity contribution in [1.29, 1.82) is 0 Å². The number of primary amides is 3. The van der Waals surface area contributed by atoms with Gasteiger partial charge in [-0.2, -0.15) is 11.8 Å². The van der Waals surface area contributed by atoms with Gasteiger partial charge >= 0.3 is 0 Å². The number of unbranched alkanes of at least 4 members (excludes halogenated alkanes) is 1. The van der Waals surface area contributed by atoms with Gasteiger partial charge in [-0.05, 0) is 119 Å². The van der Waals surface area contributed by atoms with E-state index in [0.717, 1.165) is 0 Å². The number of carbonyl (C=O) groups is 13. The number of thioether (sulfide) groups is 1. The van der Waals surface area contributed by atoms with Crippen LogP contribution in [0.15, 0.2) is 65.7 Å². The predicted molar refractivity (Wildman–Crippen MR) is 356 cm³/mol. The Hall–Kier alpha value is -8.91. The highest BCUT2D eigenvalue weighted by Crippen LogP contribution is 2.24. The van der Waals surface area contributed by atoms with Crippen molar-refractivity contribution in [2.75, 3.05) is 44.7 Å². The number of hydrogen-bond acceptors (Lipinski definition) is 17. The second kappa shape index (κ2) is 41.0. The molecule has 31 nitrogen and oxygen atoms in total. The largest absolute Gasteiger partial charge is 0.370 e. The van der Waals surface area contributed by atoms with E-state index in [2.05, 4.69) is 47.5 Å². The lowest BCUT2D eigenvalue weighted by Gasteiger charge is -2.32. The summed E-state index contributed by atoms with van der Waals surface area (Å²) in [4.78, 5) is 185. The molecule has 2 aliphatic rings. The first-order valence-electron chi connectivity index (χ1n) is 32.2. The van der Waals surface area contributed by atoms with Crippen LogP contribution < -0.4 is 82.7 Å². The van der Waals surface area contributed by atoms with E-state index in [1.807, 2.05) is 20.1 Å². The predicted octanol–water partition coefficient (Wildman–Crippen LogP) is -3.71. The van der Waals surface area contributed by atoms with Crippen molar-refractivity contribution in [2.24, 2.45) is 51.0 Å². The van der Waals surface area contributed by atoms with Gasteiger partial charge in [-0.15, -0.1) is 0 Å². The first-order valence-corrected chi connectivity index (χ1v) is 33.6. The zero-order valence-corrected chi connectivity index (χ0v) is 55.3. The number of nitrogens with one attached hydrogen (secondary N) is 8. The summed E-state index contributed by atoms with van der Waals surface area (Å²) in [6, 6.07) is 4.51. The topological polar surface area (TPSA) is 519 Å². The van der Waals surface area contributed by atoms with E-state index in [-0.39, 0.29) is 83.0 Å². The summed E-state index contributed by atoms with van der Waals surface area (Å²) >= 11 is 1.45. The summed E-state index contributed by atoms with van der Waals surface area (Å²) in [7, 11) is 0. The van der Waals surface area contributed by atoms with Crippen LogP contribution in [0.3, 0.4) is 0 Å². The van der Waals surface area contributed by atoms with Crippen molar-refractivity contribution in [3.8, 4) is 0 Å². The summed E-state index contributed by atoms with van der Waals surface area (Å²) in [6.07, 6.45) is 3.12. The molecule has 4 rings (SSSR count). The Kier molecular flexibility index (Phi) is 33.9. The standard InChI is InChI=1S/C63H98N18O13S/c1-37(2)33-45(57(89)74-41(53(68)85)27-32-95-3)73-52(84)36-72-54(86)46(34-38-15-6-4-7-16-38)78-58(90)47(35-39-17-8-5-9-18-39)79-56(88)42(23-25-50(66)82)75-55(87)43(24-26-51(67)83)76-59(91)49-22-14-31-81(49)62(94)44(20-10-11-28-64)77-60(92)48-21-13-30-80(48)61(93)40(65)19-12-29-71-63(69)70/h4-9,15-18,37,40-49H,10-14,19-36,64-65H2,1-3H3,(H2,66,82)(H2,67,83)(H2,68,85)(H,72,86)(H,73,84)(H,74,89)(H,75,87)(H,76,91)(H,77,92)(H,78,90)(H,79,88)(H4,69,70,71)/t40-,41+,42+,43-,44-,45+,46-,47+,48-,49-/m1/s1. The normalized spacial score (nSPS) is 16.8. The summed E-state index contributed by atoms with van der Waals surface area (Å²) in [5, 5.41) is 21.1. The average molecular weight is 1350 g/mol. The van der Waals surface area contributed by atoms with Crippen LogP contribution in [-0.4, -0.2) is 198 Å². The average Bonchev–Trinajstić information content (AvgIpc) is 1.74. The Bertz CT molecular complexity index is 2960. The van der Waals surface area contributed by atoms with E-state index < -0.39 is 169 Å². The Morgan fingerprint density at radius 2 is 1.01 bits per heavy atom. The van der Waals surface area contributed by atoms with Gasteiger partial charge in [0.2, 0.25) is 76.8 Å². The summed E-state index contributed by atoms with van der Waals surface area (Å²) in [5.74, 6) is -9.80. The van der Waals surface area contributed by atoms with E-state index in [1.54, 1.807) is 60.7 Å². The smallest absolute Gasteiger partial charge is 0.245 e. The number of aliphatic imine (C=N–C) groups is 1. The second-order valence-electron chi connectivity index (χ2n) is 24.1. The van der Waals surface area contributed by atoms with Crippen LogP contribution in [0.25, 0.3) is 0 Å². The number of carbonyl (C=O) groups excluding carboxylic acids is 13. The van der Waals surface area contributed by atoms with Crippen molar-refractivity contribution >= 4 is 94.5 Å². The molecule has 2 heterocycles. The number of nitrogens with two attached hydrogens (primary N) is 7. The van der Waals surface area contributed by atoms with Crippen LogP contribution in [0.4, 0.5) is 0 Å². The van der Waals surface area contributed by atoms with E-state index in [9.17, 15) is 62.3 Å². The number of guanidine groups is 1. The van der Waals surface area contributed by atoms with Gasteiger partial charge in [0.1, 0.15) is 54.4 Å². The van der Waals surface area contributed by atoms with Gasteiger partial charge in [-0.1, -0.05) is 74.5 Å². The molecule has 0 aromatic heterocycles. The van der Waals surface area contributed by atoms with Gasteiger partial charge in [0.15, 0.2) is 5.96 Å². The summed E-state index contributed by atoms with van der Waals surface area (Å²) in [5.41, 5.74) is 40.6. The van der Waals surface area contributed by atoms with E-state index >= 15 is 0 Å². The van der Waals surface area contributed by atoms with Crippen LogP contribution >= 0.6 is 11.8 Å². The lowest BCUT2D eigenvalue weighted by Crippen LogP contribution is -2.60. The van der Waals surface area contributed by atoms with Crippen LogP contribution in [-0.2, 0) is 75.2 Å². The summed E-state index contributed by atoms with van der Waals surface area (Å²) < 4.78 is 0. The molecule has 2 aliphatic heterocycles. The number of hydrogen-bond donors (Lipinski definition) is 15. The quantitative estimate of drug-likeness (QED) is 0.0173. The molecule has 0 radical (unpaired) electrons. The molecule has 524 valence electrons. The lowest BCUT2D eigenvalue weighted by atomic mass is 10.0. The van der Waals surface area contributed by atoms with Crippen molar-refractivity contribution < 1.29 is 62.3 Å². The maximum Gasteiger partial charge on any atom is 0.245 e. The molecule has 32 heteroatoms. The minimum Gasteiger partial charge on any atom is -0.370 e. The Morgan fingerprint density at radius 1 is 0.537 bits per heavy atom. The van der Waals surface area contributed by atoms with Crippen molar-refractivity contribution in [1.82, 2.24) is 52.3 Å². The highest BCUT2D eigenvalue weighted by Gasteiger charge is 2.42. The lowest BCUT2D eigenvalue weighted by molar-refractivity contribution is -0.144. The molecule has 0 bridgehead atoms. The highest BCUT2D eigenvalue weighted by molar-refractivity contribution is 7.98. The first-order chi connectivity index (χ1) is 45.2. The number of rotatable bonds is 42. The molecule has 0 spiro atoms. The molecule has 13 amide bonds. The minimum atomic E-state index is -1.64. The molecule has 0 unspecified atom stereocenters. The SMILES string of the molecule is CSCC[C@H](NC(=O)[C@H](CC(C)C)NC(=O)CNC(=O)[C@@H](Cc1ccccc1)NC(=O)[C@H](Cc1ccccc1)NC(=O)[C@H](CCC(N)=O)NC(=O)[C@@H](CCC(N)=O)NC(=O)[C@H]1CCCN1C(=O)[C@@H](CCCCN)NC(=O)[C@H]1CCCN1C(=O)[C@H](N)CCCN=C(N)N)C(N)=O. The van der Waals surface area contributed by atoms with Crippen molar-refractivity contribution in [2.45, 2.75) is 183 Å². The maximum atomic E-state index is 14.7. The third-order valence-electron chi connectivity index (χ3n) is 16.0. The van der Waals surface area contributed by atoms with Crippen LogP contribution in [0.2, 0.25) is 0 Å². The molecule has 95 heavy (non-hydrogen) atoms. The van der Waals surface area contributed by atoms with Gasteiger partial charge in [0.25, 0.3) is 0 Å². The zero-order valence-electron chi connectivity index (χ0n) is 54.5. The van der Waals surface area contributed by atoms with Gasteiger partial charge in [-0.3, -0.25) is 67.3 Å². The molecule has 22 N–H and O–H groups in total. The molecule has 2 fully saturated rings. The molecule has 2 aromatic carbocycles. The Balaban J connectivity index is 1.56. The van der Waals surface area contributed by atoms with E-state index in [4.69, 9.17) is 40.1 Å².